The molecule has 0 saturated carbocycles. The summed E-state index contributed by atoms with van der Waals surface area (Å²) in [5.74, 6) is 1.70. The lowest BCUT2D eigenvalue weighted by Gasteiger charge is -2.37. The van der Waals surface area contributed by atoms with Gasteiger partial charge in [0.15, 0.2) is 0 Å². The maximum Gasteiger partial charge on any atom is 0.141 e. The molecule has 2 heterocycles. The van der Waals surface area contributed by atoms with Gasteiger partial charge < -0.3 is 5.73 Å². The summed E-state index contributed by atoms with van der Waals surface area (Å²) in [4.78, 5) is 6.89. The van der Waals surface area contributed by atoms with Gasteiger partial charge in [0, 0.05) is 18.6 Å². The van der Waals surface area contributed by atoms with Crippen molar-refractivity contribution in [3.05, 3.63) is 12.2 Å². The Balaban J connectivity index is 2.05. The van der Waals surface area contributed by atoms with E-state index in [1.54, 1.807) is 6.33 Å². The first-order valence-electron chi connectivity index (χ1n) is 6.94. The first kappa shape index (κ1) is 13.5. The molecule has 5 heteroatoms. The van der Waals surface area contributed by atoms with Crippen molar-refractivity contribution in [1.82, 2.24) is 19.7 Å². The van der Waals surface area contributed by atoms with Crippen LogP contribution in [0.1, 0.15) is 45.5 Å². The highest BCUT2D eigenvalue weighted by Gasteiger charge is 2.25. The van der Waals surface area contributed by atoms with E-state index in [2.05, 4.69) is 35.8 Å². The van der Waals surface area contributed by atoms with Gasteiger partial charge in [0.1, 0.15) is 12.2 Å². The quantitative estimate of drug-likeness (QED) is 0.879. The van der Waals surface area contributed by atoms with E-state index in [-0.39, 0.29) is 0 Å². The van der Waals surface area contributed by atoms with Crippen molar-refractivity contribution in [2.45, 2.75) is 52.2 Å². The summed E-state index contributed by atoms with van der Waals surface area (Å²) < 4.78 is 2.01. The van der Waals surface area contributed by atoms with E-state index in [0.717, 1.165) is 25.5 Å². The van der Waals surface area contributed by atoms with E-state index in [4.69, 9.17) is 5.73 Å². The van der Waals surface area contributed by atoms with Crippen molar-refractivity contribution in [3.63, 3.8) is 0 Å². The molecule has 18 heavy (non-hydrogen) atoms. The van der Waals surface area contributed by atoms with Crippen molar-refractivity contribution < 1.29 is 0 Å². The van der Waals surface area contributed by atoms with Gasteiger partial charge in [-0.15, -0.1) is 0 Å². The maximum atomic E-state index is 5.80. The second kappa shape index (κ2) is 5.80. The third-order valence-electron chi connectivity index (χ3n) is 3.92. The van der Waals surface area contributed by atoms with Gasteiger partial charge in [-0.05, 0) is 46.1 Å². The summed E-state index contributed by atoms with van der Waals surface area (Å²) in [7, 11) is 0. The average Bonchev–Trinajstić information content (AvgIpc) is 2.80. The highest BCUT2D eigenvalue weighted by atomic mass is 15.4. The van der Waals surface area contributed by atoms with E-state index in [0.29, 0.717) is 18.0 Å². The zero-order chi connectivity index (χ0) is 13.1. The molecule has 1 fully saturated rings. The fourth-order valence-electron chi connectivity index (χ4n) is 2.68. The SMILES string of the molecule is CC1CCC(CN)CN1Cc1ncnn1C(C)C. The van der Waals surface area contributed by atoms with Crippen LogP contribution in [0.25, 0.3) is 0 Å². The number of piperidine rings is 1. The zero-order valence-corrected chi connectivity index (χ0v) is 11.7. The third-order valence-corrected chi connectivity index (χ3v) is 3.92. The second-order valence-electron chi connectivity index (χ2n) is 5.67. The van der Waals surface area contributed by atoms with Crippen LogP contribution < -0.4 is 5.73 Å². The third kappa shape index (κ3) is 2.90. The van der Waals surface area contributed by atoms with Crippen LogP contribution in [0.2, 0.25) is 0 Å². The number of nitrogens with two attached hydrogens (primary N) is 1. The van der Waals surface area contributed by atoms with Crippen LogP contribution in [0, 0.1) is 5.92 Å². The maximum absolute atomic E-state index is 5.80. The topological polar surface area (TPSA) is 60.0 Å². The van der Waals surface area contributed by atoms with Crippen LogP contribution in [0.5, 0.6) is 0 Å². The molecule has 0 bridgehead atoms. The molecule has 1 aliphatic heterocycles. The fraction of sp³-hybridized carbons (Fsp3) is 0.846. The largest absolute Gasteiger partial charge is 0.330 e. The van der Waals surface area contributed by atoms with Gasteiger partial charge in [-0.2, -0.15) is 5.10 Å². The fourth-order valence-corrected chi connectivity index (χ4v) is 2.68. The number of nitrogens with zero attached hydrogens (tertiary/aromatic N) is 4. The number of hydrogen-bond acceptors (Lipinski definition) is 4. The second-order valence-corrected chi connectivity index (χ2v) is 5.67. The molecule has 2 N–H and O–H groups in total. The van der Waals surface area contributed by atoms with Gasteiger partial charge in [0.25, 0.3) is 0 Å². The van der Waals surface area contributed by atoms with E-state index in [9.17, 15) is 0 Å². The summed E-state index contributed by atoms with van der Waals surface area (Å²) in [5.41, 5.74) is 5.80. The van der Waals surface area contributed by atoms with Gasteiger partial charge in [0.05, 0.1) is 6.54 Å². The van der Waals surface area contributed by atoms with Crippen LogP contribution in [0.3, 0.4) is 0 Å². The molecule has 2 unspecified atom stereocenters. The normalized spacial score (nSPS) is 25.8. The van der Waals surface area contributed by atoms with Gasteiger partial charge in [0.2, 0.25) is 0 Å². The Labute approximate surface area is 109 Å². The Morgan fingerprint density at radius 2 is 2.22 bits per heavy atom. The van der Waals surface area contributed by atoms with Gasteiger partial charge >= 0.3 is 0 Å². The molecule has 5 nitrogen and oxygen atoms in total. The summed E-state index contributed by atoms with van der Waals surface area (Å²) in [6.45, 7) is 9.34. The van der Waals surface area contributed by atoms with E-state index >= 15 is 0 Å². The van der Waals surface area contributed by atoms with Crippen molar-refractivity contribution in [3.8, 4) is 0 Å². The number of aromatic nitrogens is 3. The van der Waals surface area contributed by atoms with Crippen LogP contribution in [0.15, 0.2) is 6.33 Å². The standard InChI is InChI=1S/C13H25N5/c1-10(2)18-13(15-9-16-18)8-17-7-12(6-14)5-4-11(17)3/h9-12H,4-8,14H2,1-3H3. The van der Waals surface area contributed by atoms with Gasteiger partial charge in [-0.1, -0.05) is 0 Å². The highest BCUT2D eigenvalue weighted by Crippen LogP contribution is 2.23. The predicted octanol–water partition coefficient (Wildman–Crippen LogP) is 1.42. The molecule has 1 aromatic heterocycles. The lowest BCUT2D eigenvalue weighted by Crippen LogP contribution is -2.43. The zero-order valence-electron chi connectivity index (χ0n) is 11.7. The smallest absolute Gasteiger partial charge is 0.141 e. The molecular formula is C13H25N5. The number of rotatable bonds is 4. The van der Waals surface area contributed by atoms with Crippen LogP contribution in [-0.4, -0.2) is 38.8 Å². The minimum atomic E-state index is 0.368. The van der Waals surface area contributed by atoms with E-state index in [1.165, 1.54) is 12.8 Å². The molecule has 0 amide bonds. The molecule has 0 aliphatic carbocycles. The molecule has 1 aromatic rings. The molecule has 0 spiro atoms. The van der Waals surface area contributed by atoms with Crippen molar-refractivity contribution in [1.29, 1.82) is 0 Å². The van der Waals surface area contributed by atoms with E-state index in [1.807, 2.05) is 4.68 Å². The molecule has 102 valence electrons. The molecule has 1 aliphatic rings. The molecule has 0 aromatic carbocycles. The molecule has 0 radical (unpaired) electrons. The summed E-state index contributed by atoms with van der Waals surface area (Å²) in [6, 6.07) is 0.984. The predicted molar refractivity (Wildman–Crippen MR) is 72.1 cm³/mol. The van der Waals surface area contributed by atoms with Gasteiger partial charge in [-0.25, -0.2) is 9.67 Å². The summed E-state index contributed by atoms with van der Waals surface area (Å²) in [5, 5.41) is 4.30. The minimum Gasteiger partial charge on any atom is -0.330 e. The Kier molecular flexibility index (Phi) is 4.35. The van der Waals surface area contributed by atoms with Crippen LogP contribution in [0.4, 0.5) is 0 Å². The van der Waals surface area contributed by atoms with Crippen molar-refractivity contribution >= 4 is 0 Å². The monoisotopic (exact) mass is 251 g/mol. The Hall–Kier alpha value is -0.940. The highest BCUT2D eigenvalue weighted by molar-refractivity contribution is 4.90. The average molecular weight is 251 g/mol. The molecular weight excluding hydrogens is 226 g/mol. The summed E-state index contributed by atoms with van der Waals surface area (Å²) >= 11 is 0. The Morgan fingerprint density at radius 1 is 1.44 bits per heavy atom. The number of hydrogen-bond donors (Lipinski definition) is 1. The number of likely N-dealkylation sites (tertiary alicyclic amines) is 1. The van der Waals surface area contributed by atoms with Crippen LogP contribution in [-0.2, 0) is 6.54 Å². The van der Waals surface area contributed by atoms with Gasteiger partial charge in [-0.3, -0.25) is 4.90 Å². The van der Waals surface area contributed by atoms with Crippen molar-refractivity contribution in [2.24, 2.45) is 11.7 Å². The summed E-state index contributed by atoms with van der Waals surface area (Å²) in [6.07, 6.45) is 4.15. The lowest BCUT2D eigenvalue weighted by molar-refractivity contribution is 0.108. The minimum absolute atomic E-state index is 0.368. The van der Waals surface area contributed by atoms with Crippen LogP contribution >= 0.6 is 0 Å². The Morgan fingerprint density at radius 3 is 2.89 bits per heavy atom. The first-order valence-corrected chi connectivity index (χ1v) is 6.94. The van der Waals surface area contributed by atoms with Crippen molar-refractivity contribution in [2.75, 3.05) is 13.1 Å². The van der Waals surface area contributed by atoms with E-state index < -0.39 is 0 Å². The first-order chi connectivity index (χ1) is 8.61. The lowest BCUT2D eigenvalue weighted by atomic mass is 9.93. The Bertz CT molecular complexity index is 373. The molecule has 1 saturated heterocycles. The molecule has 2 atom stereocenters. The molecule has 2 rings (SSSR count).